The molecular weight excluding hydrogens is 326 g/mol. The zero-order chi connectivity index (χ0) is 17.2. The molecule has 10 heteroatoms. The van der Waals surface area contributed by atoms with Gasteiger partial charge in [-0.2, -0.15) is 15.3 Å². The van der Waals surface area contributed by atoms with Gasteiger partial charge in [0.05, 0.1) is 25.3 Å². The van der Waals surface area contributed by atoms with Crippen molar-refractivity contribution >= 4 is 6.03 Å². The van der Waals surface area contributed by atoms with E-state index in [1.807, 2.05) is 6.07 Å². The normalized spacial score (nSPS) is 19.5. The van der Waals surface area contributed by atoms with Gasteiger partial charge in [0.2, 0.25) is 0 Å². The Morgan fingerprint density at radius 3 is 3.20 bits per heavy atom. The zero-order valence-corrected chi connectivity index (χ0v) is 13.5. The minimum absolute atomic E-state index is 0.131. The number of ether oxygens (including phenoxy) is 1. The first-order valence-electron chi connectivity index (χ1n) is 8.16. The van der Waals surface area contributed by atoms with E-state index in [4.69, 9.17) is 14.5 Å². The van der Waals surface area contributed by atoms with Gasteiger partial charge in [0.15, 0.2) is 11.5 Å². The van der Waals surface area contributed by atoms with E-state index < -0.39 is 0 Å². The molecule has 2 amide bonds. The van der Waals surface area contributed by atoms with Crippen molar-refractivity contribution in [3.05, 3.63) is 29.2 Å². The molecule has 0 radical (unpaired) electrons. The minimum atomic E-state index is -0.213. The number of amides is 2. The summed E-state index contributed by atoms with van der Waals surface area (Å²) in [6.07, 6.45) is 1.73. The zero-order valence-electron chi connectivity index (χ0n) is 13.5. The van der Waals surface area contributed by atoms with Crippen molar-refractivity contribution in [2.24, 2.45) is 0 Å². The number of hydrogen-bond donors (Lipinski definition) is 1. The number of fused-ring (bicyclic) bond motifs is 1. The number of urea groups is 1. The van der Waals surface area contributed by atoms with Crippen LogP contribution in [0.5, 0.6) is 0 Å². The summed E-state index contributed by atoms with van der Waals surface area (Å²) in [4.78, 5) is 18.3. The molecule has 1 atom stereocenters. The fourth-order valence-corrected chi connectivity index (χ4v) is 3.00. The number of nitrogens with one attached hydrogen (secondary N) is 1. The highest BCUT2D eigenvalue weighted by Gasteiger charge is 2.25. The largest absolute Gasteiger partial charge is 0.368 e. The Bertz CT molecular complexity index is 815. The van der Waals surface area contributed by atoms with Gasteiger partial charge in [-0.1, -0.05) is 5.16 Å². The highest BCUT2D eigenvalue weighted by molar-refractivity contribution is 5.74. The molecule has 0 bridgehead atoms. The van der Waals surface area contributed by atoms with Gasteiger partial charge in [0.25, 0.3) is 5.89 Å². The molecule has 25 heavy (non-hydrogen) atoms. The molecule has 1 fully saturated rings. The smallest absolute Gasteiger partial charge is 0.318 e. The monoisotopic (exact) mass is 343 g/mol. The quantitative estimate of drug-likeness (QED) is 0.871. The molecular formula is C15H17N7O3. The van der Waals surface area contributed by atoms with E-state index >= 15 is 0 Å². The second kappa shape index (κ2) is 6.52. The molecule has 2 aromatic heterocycles. The number of nitrogens with zero attached hydrogens (tertiary/aromatic N) is 6. The summed E-state index contributed by atoms with van der Waals surface area (Å²) in [6, 6.07) is 3.50. The summed E-state index contributed by atoms with van der Waals surface area (Å²) < 4.78 is 12.4. The van der Waals surface area contributed by atoms with E-state index in [9.17, 15) is 4.79 Å². The highest BCUT2D eigenvalue weighted by Crippen LogP contribution is 2.26. The molecule has 130 valence electrons. The van der Waals surface area contributed by atoms with Crippen molar-refractivity contribution in [2.45, 2.75) is 38.6 Å². The molecule has 0 aliphatic carbocycles. The summed E-state index contributed by atoms with van der Waals surface area (Å²) in [7, 11) is 0. The van der Waals surface area contributed by atoms with Crippen LogP contribution in [-0.2, 0) is 24.4 Å². The van der Waals surface area contributed by atoms with Crippen LogP contribution in [0.1, 0.15) is 42.0 Å². The first kappa shape index (κ1) is 15.6. The van der Waals surface area contributed by atoms with Crippen LogP contribution in [0.15, 0.2) is 10.6 Å². The van der Waals surface area contributed by atoms with E-state index in [-0.39, 0.29) is 18.7 Å². The van der Waals surface area contributed by atoms with Crippen LogP contribution in [0.3, 0.4) is 0 Å². The van der Waals surface area contributed by atoms with Gasteiger partial charge in [0, 0.05) is 13.2 Å². The van der Waals surface area contributed by atoms with Gasteiger partial charge in [-0.25, -0.2) is 4.79 Å². The van der Waals surface area contributed by atoms with Gasteiger partial charge < -0.3 is 19.5 Å². The average molecular weight is 343 g/mol. The van der Waals surface area contributed by atoms with E-state index in [0.29, 0.717) is 43.7 Å². The SMILES string of the molecule is N#Cc1cc2n(n1)CCN(C(=O)NCc1noc([C@H]3CCCO3)n1)C2. The Hall–Kier alpha value is -2.93. The lowest BCUT2D eigenvalue weighted by molar-refractivity contribution is 0.0835. The fourth-order valence-electron chi connectivity index (χ4n) is 3.00. The second-order valence-corrected chi connectivity index (χ2v) is 5.99. The second-order valence-electron chi connectivity index (χ2n) is 5.99. The Labute approximate surface area is 143 Å². The van der Waals surface area contributed by atoms with Crippen molar-refractivity contribution in [3.63, 3.8) is 0 Å². The molecule has 0 aromatic carbocycles. The van der Waals surface area contributed by atoms with Crippen molar-refractivity contribution in [1.82, 2.24) is 30.1 Å². The molecule has 4 heterocycles. The third-order valence-corrected chi connectivity index (χ3v) is 4.29. The van der Waals surface area contributed by atoms with E-state index in [0.717, 1.165) is 18.5 Å². The molecule has 0 unspecified atom stereocenters. The molecule has 10 nitrogen and oxygen atoms in total. The van der Waals surface area contributed by atoms with Crippen LogP contribution in [0.2, 0.25) is 0 Å². The number of aromatic nitrogens is 4. The van der Waals surface area contributed by atoms with Gasteiger partial charge in [-0.15, -0.1) is 0 Å². The maximum absolute atomic E-state index is 12.3. The van der Waals surface area contributed by atoms with E-state index in [1.54, 1.807) is 15.6 Å². The van der Waals surface area contributed by atoms with Crippen molar-refractivity contribution in [1.29, 1.82) is 5.26 Å². The van der Waals surface area contributed by atoms with E-state index in [1.165, 1.54) is 0 Å². The Kier molecular flexibility index (Phi) is 4.07. The highest BCUT2D eigenvalue weighted by atomic mass is 16.5. The Balaban J connectivity index is 1.33. The molecule has 1 saturated heterocycles. The number of nitriles is 1. The van der Waals surface area contributed by atoms with Crippen molar-refractivity contribution in [2.75, 3.05) is 13.2 Å². The van der Waals surface area contributed by atoms with Crippen LogP contribution >= 0.6 is 0 Å². The van der Waals surface area contributed by atoms with Gasteiger partial charge in [-0.3, -0.25) is 4.68 Å². The lowest BCUT2D eigenvalue weighted by Crippen LogP contribution is -2.44. The number of carbonyl (C=O) groups is 1. The molecule has 4 rings (SSSR count). The summed E-state index contributed by atoms with van der Waals surface area (Å²) in [5, 5.41) is 19.7. The first-order valence-corrected chi connectivity index (χ1v) is 8.16. The van der Waals surface area contributed by atoms with Crippen molar-refractivity contribution < 1.29 is 14.1 Å². The summed E-state index contributed by atoms with van der Waals surface area (Å²) >= 11 is 0. The summed E-state index contributed by atoms with van der Waals surface area (Å²) in [5.41, 5.74) is 1.21. The van der Waals surface area contributed by atoms with Crippen LogP contribution in [0, 0.1) is 11.3 Å². The molecule has 2 aliphatic heterocycles. The predicted octanol–water partition coefficient (Wildman–Crippen LogP) is 0.715. The maximum Gasteiger partial charge on any atom is 0.318 e. The molecule has 0 spiro atoms. The molecule has 0 saturated carbocycles. The van der Waals surface area contributed by atoms with Crippen LogP contribution in [-0.4, -0.2) is 44.0 Å². The number of rotatable bonds is 3. The van der Waals surface area contributed by atoms with Crippen molar-refractivity contribution in [3.8, 4) is 6.07 Å². The lowest BCUT2D eigenvalue weighted by Gasteiger charge is -2.27. The summed E-state index contributed by atoms with van der Waals surface area (Å²) in [5.74, 6) is 0.889. The standard InChI is InChI=1S/C15H17N7O3/c16-7-10-6-11-9-21(3-4-22(11)19-10)15(23)17-8-13-18-14(25-20-13)12-2-1-5-24-12/h6,12H,1-5,8-9H2,(H,17,23)/t12-/m1/s1. The van der Waals surface area contributed by atoms with Crippen LogP contribution in [0.4, 0.5) is 4.79 Å². The average Bonchev–Trinajstić information content (AvgIpc) is 3.38. The Morgan fingerprint density at radius 2 is 2.40 bits per heavy atom. The van der Waals surface area contributed by atoms with E-state index in [2.05, 4.69) is 20.6 Å². The van der Waals surface area contributed by atoms with Gasteiger partial charge in [-0.05, 0) is 18.9 Å². The third kappa shape index (κ3) is 3.18. The maximum atomic E-state index is 12.3. The molecule has 2 aromatic rings. The third-order valence-electron chi connectivity index (χ3n) is 4.29. The fraction of sp³-hybridized carbons (Fsp3) is 0.533. The molecule has 2 aliphatic rings. The minimum Gasteiger partial charge on any atom is -0.368 e. The summed E-state index contributed by atoms with van der Waals surface area (Å²) in [6.45, 7) is 2.40. The number of hydrogen-bond acceptors (Lipinski definition) is 7. The lowest BCUT2D eigenvalue weighted by atomic mass is 10.2. The Morgan fingerprint density at radius 1 is 1.48 bits per heavy atom. The van der Waals surface area contributed by atoms with Crippen LogP contribution < -0.4 is 5.32 Å². The molecule has 1 N–H and O–H groups in total. The van der Waals surface area contributed by atoms with Gasteiger partial charge >= 0.3 is 6.03 Å². The van der Waals surface area contributed by atoms with Gasteiger partial charge in [0.1, 0.15) is 12.2 Å². The number of carbonyl (C=O) groups excluding carboxylic acids is 1. The first-order chi connectivity index (χ1) is 12.2. The predicted molar refractivity (Wildman–Crippen MR) is 81.8 cm³/mol. The van der Waals surface area contributed by atoms with Crippen LogP contribution in [0.25, 0.3) is 0 Å². The topological polar surface area (TPSA) is 122 Å².